The van der Waals surface area contributed by atoms with Crippen molar-refractivity contribution < 1.29 is 4.79 Å². The smallest absolute Gasteiger partial charge is 0.319 e. The summed E-state index contributed by atoms with van der Waals surface area (Å²) in [7, 11) is 0. The molecule has 1 unspecified atom stereocenters. The Bertz CT molecular complexity index is 451. The summed E-state index contributed by atoms with van der Waals surface area (Å²) in [6.07, 6.45) is 8.52. The fourth-order valence-corrected chi connectivity index (χ4v) is 2.85. The average Bonchev–Trinajstić information content (AvgIpc) is 2.42. The van der Waals surface area contributed by atoms with E-state index in [-0.39, 0.29) is 12.1 Å². The molecule has 0 bridgehead atoms. The summed E-state index contributed by atoms with van der Waals surface area (Å²) >= 11 is 0. The summed E-state index contributed by atoms with van der Waals surface area (Å²) in [4.78, 5) is 12.1. The van der Waals surface area contributed by atoms with Crippen molar-refractivity contribution in [2.75, 3.05) is 5.32 Å². The summed E-state index contributed by atoms with van der Waals surface area (Å²) < 4.78 is 0. The zero-order valence-electron chi connectivity index (χ0n) is 12.9. The summed E-state index contributed by atoms with van der Waals surface area (Å²) in [5.41, 5.74) is 7.69. The number of anilines is 1. The number of nitrogens with two attached hydrogens (primary N) is 1. The van der Waals surface area contributed by atoms with Crippen LogP contribution in [0.1, 0.15) is 63.5 Å². The van der Waals surface area contributed by atoms with Crippen LogP contribution in [0.15, 0.2) is 24.3 Å². The molecule has 1 saturated carbocycles. The molecule has 4 nitrogen and oxygen atoms in total. The lowest BCUT2D eigenvalue weighted by Gasteiger charge is -2.21. The lowest BCUT2D eigenvalue weighted by Crippen LogP contribution is -2.38. The van der Waals surface area contributed by atoms with Gasteiger partial charge < -0.3 is 16.4 Å². The molecule has 2 rings (SSSR count). The van der Waals surface area contributed by atoms with E-state index in [0.717, 1.165) is 24.1 Å². The predicted octanol–water partition coefficient (Wildman–Crippen LogP) is 3.94. The van der Waals surface area contributed by atoms with Crippen LogP contribution in [-0.2, 0) is 0 Å². The van der Waals surface area contributed by atoms with Gasteiger partial charge in [0.2, 0.25) is 0 Å². The highest BCUT2D eigenvalue weighted by Crippen LogP contribution is 2.18. The number of hydrogen-bond donors (Lipinski definition) is 3. The fourth-order valence-electron chi connectivity index (χ4n) is 2.85. The minimum Gasteiger partial charge on any atom is -0.335 e. The Hall–Kier alpha value is -1.55. The third kappa shape index (κ3) is 5.38. The number of hydrogen-bond acceptors (Lipinski definition) is 2. The molecule has 1 fully saturated rings. The molecule has 0 spiro atoms. The number of urea groups is 1. The highest BCUT2D eigenvalue weighted by molar-refractivity contribution is 5.89. The van der Waals surface area contributed by atoms with Crippen LogP contribution in [0.4, 0.5) is 10.5 Å². The van der Waals surface area contributed by atoms with E-state index in [9.17, 15) is 4.79 Å². The first kappa shape index (κ1) is 15.8. The zero-order valence-corrected chi connectivity index (χ0v) is 12.9. The first-order valence-electron chi connectivity index (χ1n) is 8.08. The standard InChI is InChI=1S/C17H27N3O/c1-13(18)14-8-7-11-16(12-14)20-17(21)19-15-9-5-3-2-4-6-10-15/h7-8,11-13,15H,2-6,9-10,18H2,1H3,(H2,19,20,21). The minimum absolute atomic E-state index is 0.0274. The predicted molar refractivity (Wildman–Crippen MR) is 87.3 cm³/mol. The van der Waals surface area contributed by atoms with Crippen LogP contribution < -0.4 is 16.4 Å². The largest absolute Gasteiger partial charge is 0.335 e. The molecule has 1 aromatic rings. The SMILES string of the molecule is CC(N)c1cccc(NC(=O)NC2CCCCCCC2)c1. The molecule has 0 heterocycles. The second-order valence-electron chi connectivity index (χ2n) is 6.05. The fraction of sp³-hybridized carbons (Fsp3) is 0.588. The summed E-state index contributed by atoms with van der Waals surface area (Å²) in [6, 6.07) is 7.89. The van der Waals surface area contributed by atoms with E-state index in [1.165, 1.54) is 32.1 Å². The first-order chi connectivity index (χ1) is 10.1. The molecule has 0 saturated heterocycles. The van der Waals surface area contributed by atoms with Crippen molar-refractivity contribution in [3.63, 3.8) is 0 Å². The van der Waals surface area contributed by atoms with Crippen LogP contribution in [0.5, 0.6) is 0 Å². The second-order valence-corrected chi connectivity index (χ2v) is 6.05. The number of nitrogens with one attached hydrogen (secondary N) is 2. The maximum atomic E-state index is 12.1. The molecule has 4 heteroatoms. The average molecular weight is 289 g/mol. The Balaban J connectivity index is 1.87. The van der Waals surface area contributed by atoms with Gasteiger partial charge in [0.05, 0.1) is 0 Å². The maximum absolute atomic E-state index is 12.1. The molecule has 1 aliphatic rings. The Morgan fingerprint density at radius 1 is 1.19 bits per heavy atom. The van der Waals surface area contributed by atoms with Crippen LogP contribution in [0.25, 0.3) is 0 Å². The van der Waals surface area contributed by atoms with Crippen LogP contribution in [-0.4, -0.2) is 12.1 Å². The van der Waals surface area contributed by atoms with Crippen molar-refractivity contribution in [1.82, 2.24) is 5.32 Å². The molecule has 2 amide bonds. The van der Waals surface area contributed by atoms with Gasteiger partial charge >= 0.3 is 6.03 Å². The van der Waals surface area contributed by atoms with Crippen molar-refractivity contribution in [3.05, 3.63) is 29.8 Å². The first-order valence-corrected chi connectivity index (χ1v) is 8.08. The Morgan fingerprint density at radius 3 is 2.52 bits per heavy atom. The maximum Gasteiger partial charge on any atom is 0.319 e. The number of amides is 2. The summed E-state index contributed by atoms with van der Waals surface area (Å²) in [5, 5.41) is 6.02. The van der Waals surface area contributed by atoms with Gasteiger partial charge in [-0.05, 0) is 37.5 Å². The van der Waals surface area contributed by atoms with E-state index in [4.69, 9.17) is 5.73 Å². The Labute approximate surface area is 127 Å². The van der Waals surface area contributed by atoms with Gasteiger partial charge in [-0.15, -0.1) is 0 Å². The van der Waals surface area contributed by atoms with Gasteiger partial charge in [0, 0.05) is 17.8 Å². The highest BCUT2D eigenvalue weighted by atomic mass is 16.2. The van der Waals surface area contributed by atoms with Crippen molar-refractivity contribution in [2.45, 2.75) is 64.0 Å². The second kappa shape index (κ2) is 8.03. The molecule has 116 valence electrons. The lowest BCUT2D eigenvalue weighted by molar-refractivity contribution is 0.245. The Kier molecular flexibility index (Phi) is 6.05. The Morgan fingerprint density at radius 2 is 1.86 bits per heavy atom. The minimum atomic E-state index is -0.109. The van der Waals surface area contributed by atoms with Gasteiger partial charge in [0.1, 0.15) is 0 Å². The molecule has 4 N–H and O–H groups in total. The summed E-state index contributed by atoms with van der Waals surface area (Å²) in [6.45, 7) is 1.94. The van der Waals surface area contributed by atoms with Crippen LogP contribution >= 0.6 is 0 Å². The van der Waals surface area contributed by atoms with Crippen molar-refractivity contribution in [1.29, 1.82) is 0 Å². The van der Waals surface area contributed by atoms with E-state index in [1.807, 2.05) is 31.2 Å². The van der Waals surface area contributed by atoms with E-state index >= 15 is 0 Å². The molecule has 21 heavy (non-hydrogen) atoms. The van der Waals surface area contributed by atoms with Gasteiger partial charge in [0.25, 0.3) is 0 Å². The molecule has 1 aromatic carbocycles. The zero-order chi connectivity index (χ0) is 15.1. The third-order valence-electron chi connectivity index (χ3n) is 4.11. The van der Waals surface area contributed by atoms with Gasteiger partial charge in [-0.2, -0.15) is 0 Å². The number of benzene rings is 1. The highest BCUT2D eigenvalue weighted by Gasteiger charge is 2.14. The van der Waals surface area contributed by atoms with E-state index in [1.54, 1.807) is 0 Å². The van der Waals surface area contributed by atoms with E-state index in [0.29, 0.717) is 6.04 Å². The van der Waals surface area contributed by atoms with E-state index in [2.05, 4.69) is 10.6 Å². The third-order valence-corrected chi connectivity index (χ3v) is 4.11. The lowest BCUT2D eigenvalue weighted by atomic mass is 9.97. The molecule has 1 aliphatic carbocycles. The van der Waals surface area contributed by atoms with Gasteiger partial charge in [0.15, 0.2) is 0 Å². The van der Waals surface area contributed by atoms with Crippen LogP contribution in [0, 0.1) is 0 Å². The molecule has 0 aliphatic heterocycles. The number of carbonyl (C=O) groups is 1. The normalized spacial score (nSPS) is 18.4. The van der Waals surface area contributed by atoms with Crippen LogP contribution in [0.3, 0.4) is 0 Å². The van der Waals surface area contributed by atoms with Crippen molar-refractivity contribution in [2.24, 2.45) is 5.73 Å². The van der Waals surface area contributed by atoms with Crippen molar-refractivity contribution in [3.8, 4) is 0 Å². The number of carbonyl (C=O) groups excluding carboxylic acids is 1. The number of rotatable bonds is 3. The van der Waals surface area contributed by atoms with Crippen LogP contribution in [0.2, 0.25) is 0 Å². The van der Waals surface area contributed by atoms with Gasteiger partial charge in [-0.25, -0.2) is 4.79 Å². The molecule has 0 radical (unpaired) electrons. The molecule has 0 aromatic heterocycles. The van der Waals surface area contributed by atoms with E-state index < -0.39 is 0 Å². The quantitative estimate of drug-likeness (QED) is 0.789. The molecular formula is C17H27N3O. The summed E-state index contributed by atoms with van der Waals surface area (Å²) in [5.74, 6) is 0. The molecular weight excluding hydrogens is 262 g/mol. The van der Waals surface area contributed by atoms with Gasteiger partial charge in [-0.1, -0.05) is 44.2 Å². The molecule has 1 atom stereocenters. The monoisotopic (exact) mass is 289 g/mol. The topological polar surface area (TPSA) is 67.1 Å². The van der Waals surface area contributed by atoms with Gasteiger partial charge in [-0.3, -0.25) is 0 Å². The van der Waals surface area contributed by atoms with Crippen molar-refractivity contribution >= 4 is 11.7 Å².